The van der Waals surface area contributed by atoms with Crippen molar-refractivity contribution in [3.63, 3.8) is 0 Å². The van der Waals surface area contributed by atoms with Crippen molar-refractivity contribution >= 4 is 5.97 Å². The van der Waals surface area contributed by atoms with Crippen LogP contribution < -0.4 is 17.7 Å². The summed E-state index contributed by atoms with van der Waals surface area (Å²) in [6, 6.07) is 15.6. The number of hydrogen-bond donors (Lipinski definition) is 2. The highest BCUT2D eigenvalue weighted by molar-refractivity contribution is 5.87. The van der Waals surface area contributed by atoms with E-state index in [1.165, 1.54) is 11.1 Å². The first-order valence-corrected chi connectivity index (χ1v) is 7.18. The van der Waals surface area contributed by atoms with Crippen LogP contribution in [-0.4, -0.2) is 11.1 Å². The summed E-state index contributed by atoms with van der Waals surface area (Å²) >= 11 is 0. The molecule has 22 heavy (non-hydrogen) atoms. The summed E-state index contributed by atoms with van der Waals surface area (Å²) in [7, 11) is 0. The van der Waals surface area contributed by atoms with Gasteiger partial charge in [0.15, 0.2) is 0 Å². The molecule has 3 nitrogen and oxygen atoms in total. The zero-order valence-electron chi connectivity index (χ0n) is 12.8. The molecule has 0 fully saturated rings. The third-order valence-electron chi connectivity index (χ3n) is 3.51. The molecule has 0 aliphatic heterocycles. The smallest absolute Gasteiger partial charge is 0.335 e. The van der Waals surface area contributed by atoms with Crippen molar-refractivity contribution < 1.29 is 22.3 Å². The van der Waals surface area contributed by atoms with Gasteiger partial charge in [-0.25, -0.2) is 4.79 Å². The maximum absolute atomic E-state index is 10.8. The summed E-state index contributed by atoms with van der Waals surface area (Å²) in [5.74, 6) is -0.334. The Balaban J connectivity index is 0.00000242. The Labute approximate surface area is 137 Å². The molecule has 0 radical (unpaired) electrons. The van der Waals surface area contributed by atoms with Gasteiger partial charge in [-0.05, 0) is 34.7 Å². The molecule has 2 N–H and O–H groups in total. The Hall–Kier alpha value is -1.84. The quantitative estimate of drug-likeness (QED) is 0.828. The van der Waals surface area contributed by atoms with E-state index in [1.54, 1.807) is 12.1 Å². The molecular formula is C18H21ClNO2-. The van der Waals surface area contributed by atoms with Crippen LogP contribution in [0.2, 0.25) is 0 Å². The Morgan fingerprint density at radius 1 is 0.955 bits per heavy atom. The average Bonchev–Trinajstić information content (AvgIpc) is 2.48. The summed E-state index contributed by atoms with van der Waals surface area (Å²) in [4.78, 5) is 10.8. The molecule has 0 spiro atoms. The predicted octanol–water partition coefficient (Wildman–Crippen LogP) is 0.802. The molecule has 0 aliphatic carbocycles. The average molecular weight is 319 g/mol. The van der Waals surface area contributed by atoms with E-state index in [0.29, 0.717) is 11.5 Å². The van der Waals surface area contributed by atoms with Crippen LogP contribution in [0.1, 0.15) is 46.8 Å². The molecule has 0 aliphatic rings. The monoisotopic (exact) mass is 318 g/mol. The highest BCUT2D eigenvalue weighted by atomic mass is 35.5. The first-order chi connectivity index (χ1) is 10.1. The standard InChI is InChI=1S/C18H21NO2.ClH/c1-13(2)16-7-3-14(4-8-16)11-19-12-15-5-9-17(10-6-15)18(20)21;/h3-10,13,19H,11-12H2,1-2H3,(H,20,21);1H/p-1. The van der Waals surface area contributed by atoms with Gasteiger partial charge in [0.1, 0.15) is 0 Å². The van der Waals surface area contributed by atoms with E-state index in [0.717, 1.165) is 18.7 Å². The fourth-order valence-electron chi connectivity index (χ4n) is 2.14. The van der Waals surface area contributed by atoms with Crippen molar-refractivity contribution in [3.8, 4) is 0 Å². The maximum atomic E-state index is 10.8. The fourth-order valence-corrected chi connectivity index (χ4v) is 2.14. The SMILES string of the molecule is CC(C)c1ccc(CNCc2ccc(C(=O)O)cc2)cc1.[Cl-]. The number of halogens is 1. The predicted molar refractivity (Wildman–Crippen MR) is 84.5 cm³/mol. The van der Waals surface area contributed by atoms with Gasteiger partial charge in [0.2, 0.25) is 0 Å². The van der Waals surface area contributed by atoms with Crippen LogP contribution in [0.4, 0.5) is 0 Å². The first kappa shape index (κ1) is 18.2. The first-order valence-electron chi connectivity index (χ1n) is 7.18. The Kier molecular flexibility index (Phi) is 7.09. The lowest BCUT2D eigenvalue weighted by Gasteiger charge is -2.08. The molecule has 0 saturated carbocycles. The van der Waals surface area contributed by atoms with Crippen LogP contribution in [0.5, 0.6) is 0 Å². The molecule has 4 heteroatoms. The normalized spacial score (nSPS) is 10.3. The van der Waals surface area contributed by atoms with Crippen molar-refractivity contribution in [2.75, 3.05) is 0 Å². The number of carboxylic acids is 1. The van der Waals surface area contributed by atoms with E-state index in [1.807, 2.05) is 12.1 Å². The van der Waals surface area contributed by atoms with Gasteiger partial charge in [-0.15, -0.1) is 0 Å². The molecule has 0 bridgehead atoms. The fraction of sp³-hybridized carbons (Fsp3) is 0.278. The molecule has 0 amide bonds. The van der Waals surface area contributed by atoms with E-state index in [-0.39, 0.29) is 12.4 Å². The third kappa shape index (κ3) is 5.17. The summed E-state index contributed by atoms with van der Waals surface area (Å²) in [6.07, 6.45) is 0. The molecule has 0 aromatic heterocycles. The van der Waals surface area contributed by atoms with E-state index < -0.39 is 5.97 Å². The largest absolute Gasteiger partial charge is 1.00 e. The Morgan fingerprint density at radius 3 is 1.82 bits per heavy atom. The van der Waals surface area contributed by atoms with Crippen molar-refractivity contribution in [2.45, 2.75) is 32.9 Å². The van der Waals surface area contributed by atoms with Gasteiger partial charge >= 0.3 is 5.97 Å². The minimum Gasteiger partial charge on any atom is -1.00 e. The van der Waals surface area contributed by atoms with E-state index in [9.17, 15) is 4.79 Å². The lowest BCUT2D eigenvalue weighted by atomic mass is 10.0. The minimum absolute atomic E-state index is 0. The number of hydrogen-bond acceptors (Lipinski definition) is 2. The number of aromatic carboxylic acids is 1. The summed E-state index contributed by atoms with van der Waals surface area (Å²) in [6.45, 7) is 5.91. The Bertz CT molecular complexity index is 591. The van der Waals surface area contributed by atoms with Crippen LogP contribution in [-0.2, 0) is 13.1 Å². The van der Waals surface area contributed by atoms with Crippen LogP contribution in [0.3, 0.4) is 0 Å². The highest BCUT2D eigenvalue weighted by Gasteiger charge is 2.02. The van der Waals surface area contributed by atoms with Gasteiger partial charge in [-0.1, -0.05) is 50.2 Å². The number of nitrogens with one attached hydrogen (secondary N) is 1. The molecular weight excluding hydrogens is 298 g/mol. The zero-order valence-corrected chi connectivity index (χ0v) is 13.6. The second kappa shape index (κ2) is 8.57. The summed E-state index contributed by atoms with van der Waals surface area (Å²) in [5.41, 5.74) is 4.01. The van der Waals surface area contributed by atoms with Crippen LogP contribution >= 0.6 is 0 Å². The topological polar surface area (TPSA) is 49.3 Å². The van der Waals surface area contributed by atoms with E-state index >= 15 is 0 Å². The molecule has 0 unspecified atom stereocenters. The van der Waals surface area contributed by atoms with Crippen molar-refractivity contribution in [1.82, 2.24) is 5.32 Å². The van der Waals surface area contributed by atoms with Gasteiger partial charge < -0.3 is 22.8 Å². The van der Waals surface area contributed by atoms with E-state index in [4.69, 9.17) is 5.11 Å². The lowest BCUT2D eigenvalue weighted by Crippen LogP contribution is -3.00. The van der Waals surface area contributed by atoms with Crippen LogP contribution in [0.15, 0.2) is 48.5 Å². The van der Waals surface area contributed by atoms with Crippen molar-refractivity contribution in [1.29, 1.82) is 0 Å². The molecule has 2 aromatic carbocycles. The van der Waals surface area contributed by atoms with Crippen molar-refractivity contribution in [3.05, 3.63) is 70.8 Å². The molecule has 0 saturated heterocycles. The van der Waals surface area contributed by atoms with Crippen LogP contribution in [0, 0.1) is 0 Å². The second-order valence-electron chi connectivity index (χ2n) is 5.50. The van der Waals surface area contributed by atoms with Gasteiger partial charge in [-0.2, -0.15) is 0 Å². The van der Waals surface area contributed by atoms with Gasteiger partial charge in [0, 0.05) is 13.1 Å². The van der Waals surface area contributed by atoms with Crippen LogP contribution in [0.25, 0.3) is 0 Å². The Morgan fingerprint density at radius 2 is 1.41 bits per heavy atom. The third-order valence-corrected chi connectivity index (χ3v) is 3.51. The maximum Gasteiger partial charge on any atom is 0.335 e. The molecule has 118 valence electrons. The molecule has 2 aromatic rings. The van der Waals surface area contributed by atoms with E-state index in [2.05, 4.69) is 43.4 Å². The zero-order chi connectivity index (χ0) is 15.2. The highest BCUT2D eigenvalue weighted by Crippen LogP contribution is 2.14. The number of rotatable bonds is 6. The van der Waals surface area contributed by atoms with Gasteiger partial charge in [0.05, 0.1) is 5.56 Å². The van der Waals surface area contributed by atoms with Crippen molar-refractivity contribution in [2.24, 2.45) is 0 Å². The van der Waals surface area contributed by atoms with Gasteiger partial charge in [0.25, 0.3) is 0 Å². The molecule has 0 atom stereocenters. The number of benzene rings is 2. The number of carbonyl (C=O) groups is 1. The lowest BCUT2D eigenvalue weighted by molar-refractivity contribution is -0.0000200. The second-order valence-corrected chi connectivity index (χ2v) is 5.50. The van der Waals surface area contributed by atoms with Gasteiger partial charge in [-0.3, -0.25) is 0 Å². The molecule has 2 rings (SSSR count). The summed E-state index contributed by atoms with van der Waals surface area (Å²) in [5, 5.41) is 12.2. The minimum atomic E-state index is -0.889. The summed E-state index contributed by atoms with van der Waals surface area (Å²) < 4.78 is 0. The molecule has 0 heterocycles. The number of carboxylic acid groups (broad SMARTS) is 1.